The summed E-state index contributed by atoms with van der Waals surface area (Å²) < 4.78 is 5.83. The number of hydrogen-bond acceptors (Lipinski definition) is 3. The van der Waals surface area contributed by atoms with Crippen LogP contribution in [0.1, 0.15) is 99.3 Å². The molecule has 0 atom stereocenters. The third-order valence-corrected chi connectivity index (χ3v) is 4.83. The van der Waals surface area contributed by atoms with E-state index in [2.05, 4.69) is 12.2 Å². The number of carbonyl (C=O) groups excluding carboxylic acids is 2. The summed E-state index contributed by atoms with van der Waals surface area (Å²) >= 11 is 0. The molecule has 0 spiro atoms. The summed E-state index contributed by atoms with van der Waals surface area (Å²) in [5.41, 5.74) is 0.564. The summed E-state index contributed by atoms with van der Waals surface area (Å²) in [7, 11) is 0. The van der Waals surface area contributed by atoms with E-state index in [4.69, 9.17) is 4.74 Å². The highest BCUT2D eigenvalue weighted by atomic mass is 16.5. The smallest absolute Gasteiger partial charge is 0.251 e. The fourth-order valence-corrected chi connectivity index (χ4v) is 3.36. The van der Waals surface area contributed by atoms with Gasteiger partial charge >= 0.3 is 0 Å². The van der Waals surface area contributed by atoms with Gasteiger partial charge in [0.05, 0.1) is 12.0 Å². The lowest BCUT2D eigenvalue weighted by molar-refractivity contribution is 0.0620. The molecule has 0 bridgehead atoms. The van der Waals surface area contributed by atoms with Gasteiger partial charge in [0.1, 0.15) is 11.4 Å². The van der Waals surface area contributed by atoms with Gasteiger partial charge in [-0.25, -0.2) is 0 Å². The lowest BCUT2D eigenvalue weighted by atomic mass is 9.92. The van der Waals surface area contributed by atoms with Gasteiger partial charge < -0.3 is 10.1 Å². The van der Waals surface area contributed by atoms with Crippen LogP contribution in [0, 0.1) is 0 Å². The standard InChI is InChI=1S/C22H33NO3/c1-4-5-6-7-8-9-10-11-14-23-21(25)17-12-13-20-18(15-17)19(24)16-22(2,3)26-20/h12-13,15H,4-11,14,16H2,1-3H3,(H,23,25). The molecular formula is C22H33NO3. The monoisotopic (exact) mass is 359 g/mol. The van der Waals surface area contributed by atoms with Crippen LogP contribution in [0.5, 0.6) is 5.75 Å². The number of unbranched alkanes of at least 4 members (excludes halogenated alkanes) is 7. The first-order chi connectivity index (χ1) is 12.4. The molecule has 0 saturated carbocycles. The zero-order valence-electron chi connectivity index (χ0n) is 16.5. The molecule has 1 aromatic rings. The van der Waals surface area contributed by atoms with Crippen molar-refractivity contribution in [1.29, 1.82) is 0 Å². The van der Waals surface area contributed by atoms with E-state index in [-0.39, 0.29) is 11.7 Å². The second-order valence-electron chi connectivity index (χ2n) is 7.90. The van der Waals surface area contributed by atoms with Gasteiger partial charge in [-0.15, -0.1) is 0 Å². The Hall–Kier alpha value is -1.84. The van der Waals surface area contributed by atoms with Crippen molar-refractivity contribution in [3.05, 3.63) is 29.3 Å². The fourth-order valence-electron chi connectivity index (χ4n) is 3.36. The Morgan fingerprint density at radius 1 is 1.08 bits per heavy atom. The van der Waals surface area contributed by atoms with Crippen LogP contribution in [0.3, 0.4) is 0 Å². The molecule has 0 aliphatic carbocycles. The first-order valence-corrected chi connectivity index (χ1v) is 10.1. The number of fused-ring (bicyclic) bond motifs is 1. The molecule has 0 unspecified atom stereocenters. The second-order valence-corrected chi connectivity index (χ2v) is 7.90. The Morgan fingerprint density at radius 3 is 2.42 bits per heavy atom. The number of benzene rings is 1. The van der Waals surface area contributed by atoms with Crippen LogP contribution in [0.4, 0.5) is 0 Å². The van der Waals surface area contributed by atoms with Crippen LogP contribution in [-0.4, -0.2) is 23.8 Å². The summed E-state index contributed by atoms with van der Waals surface area (Å²) in [5, 5.41) is 2.96. The summed E-state index contributed by atoms with van der Waals surface area (Å²) in [6, 6.07) is 5.13. The van der Waals surface area contributed by atoms with E-state index in [1.54, 1.807) is 18.2 Å². The summed E-state index contributed by atoms with van der Waals surface area (Å²) in [5.74, 6) is 0.494. The molecule has 4 nitrogen and oxygen atoms in total. The van der Waals surface area contributed by atoms with Gasteiger partial charge in [0, 0.05) is 12.1 Å². The Kier molecular flexibility index (Phi) is 7.67. The van der Waals surface area contributed by atoms with E-state index in [1.807, 2.05) is 13.8 Å². The van der Waals surface area contributed by atoms with Crippen LogP contribution < -0.4 is 10.1 Å². The van der Waals surface area contributed by atoms with Crippen LogP contribution in [0.25, 0.3) is 0 Å². The topological polar surface area (TPSA) is 55.4 Å². The van der Waals surface area contributed by atoms with Crippen LogP contribution in [0.15, 0.2) is 18.2 Å². The van der Waals surface area contributed by atoms with Crippen LogP contribution in [0.2, 0.25) is 0 Å². The number of carbonyl (C=O) groups is 2. The number of ketones is 1. The minimum atomic E-state index is -0.482. The molecule has 1 aliphatic rings. The second kappa shape index (κ2) is 9.75. The molecule has 26 heavy (non-hydrogen) atoms. The lowest BCUT2D eigenvalue weighted by Crippen LogP contribution is -2.36. The number of Topliss-reactive ketones (excluding diaryl/α,β-unsaturated/α-hetero) is 1. The third kappa shape index (κ3) is 6.15. The van der Waals surface area contributed by atoms with Gasteiger partial charge in [-0.05, 0) is 38.5 Å². The molecule has 0 radical (unpaired) electrons. The number of hydrogen-bond donors (Lipinski definition) is 1. The van der Waals surface area contributed by atoms with Gasteiger partial charge in [0.15, 0.2) is 5.78 Å². The molecule has 1 heterocycles. The van der Waals surface area contributed by atoms with Crippen molar-refractivity contribution in [3.8, 4) is 5.75 Å². The lowest BCUT2D eigenvalue weighted by Gasteiger charge is -2.31. The normalized spacial score (nSPS) is 15.3. The van der Waals surface area contributed by atoms with Crippen molar-refractivity contribution in [2.75, 3.05) is 6.54 Å². The first kappa shape index (κ1) is 20.5. The van der Waals surface area contributed by atoms with E-state index >= 15 is 0 Å². The van der Waals surface area contributed by atoms with Crippen molar-refractivity contribution in [1.82, 2.24) is 5.32 Å². The van der Waals surface area contributed by atoms with Crippen molar-refractivity contribution in [3.63, 3.8) is 0 Å². The molecule has 1 aliphatic heterocycles. The van der Waals surface area contributed by atoms with Gasteiger partial charge in [-0.3, -0.25) is 9.59 Å². The van der Waals surface area contributed by atoms with E-state index in [0.29, 0.717) is 29.8 Å². The number of ether oxygens (including phenoxy) is 1. The number of nitrogens with one attached hydrogen (secondary N) is 1. The summed E-state index contributed by atoms with van der Waals surface area (Å²) in [6.45, 7) is 6.72. The Morgan fingerprint density at radius 2 is 1.73 bits per heavy atom. The van der Waals surface area contributed by atoms with E-state index < -0.39 is 5.60 Å². The molecule has 0 fully saturated rings. The number of amides is 1. The highest BCUT2D eigenvalue weighted by molar-refractivity contribution is 6.03. The first-order valence-electron chi connectivity index (χ1n) is 10.1. The highest BCUT2D eigenvalue weighted by Crippen LogP contribution is 2.33. The van der Waals surface area contributed by atoms with E-state index in [9.17, 15) is 9.59 Å². The molecule has 1 aromatic carbocycles. The quantitative estimate of drug-likeness (QED) is 0.577. The maximum atomic E-state index is 12.3. The van der Waals surface area contributed by atoms with E-state index in [0.717, 1.165) is 12.8 Å². The average Bonchev–Trinajstić information content (AvgIpc) is 2.59. The van der Waals surface area contributed by atoms with Crippen molar-refractivity contribution >= 4 is 11.7 Å². The highest BCUT2D eigenvalue weighted by Gasteiger charge is 2.32. The van der Waals surface area contributed by atoms with Crippen molar-refractivity contribution < 1.29 is 14.3 Å². The van der Waals surface area contributed by atoms with Crippen LogP contribution in [-0.2, 0) is 0 Å². The number of rotatable bonds is 10. The maximum Gasteiger partial charge on any atom is 0.251 e. The molecule has 1 amide bonds. The van der Waals surface area contributed by atoms with Gasteiger partial charge in [0.2, 0.25) is 0 Å². The SMILES string of the molecule is CCCCCCCCCCNC(=O)c1ccc2c(c1)C(=O)CC(C)(C)O2. The molecule has 0 aromatic heterocycles. The Balaban J connectivity index is 1.73. The fraction of sp³-hybridized carbons (Fsp3) is 0.636. The molecule has 144 valence electrons. The predicted molar refractivity (Wildman–Crippen MR) is 105 cm³/mol. The molecular weight excluding hydrogens is 326 g/mol. The molecule has 1 N–H and O–H groups in total. The molecule has 4 heteroatoms. The van der Waals surface area contributed by atoms with Gasteiger partial charge in [-0.1, -0.05) is 51.9 Å². The summed E-state index contributed by atoms with van der Waals surface area (Å²) in [4.78, 5) is 24.6. The van der Waals surface area contributed by atoms with Crippen molar-refractivity contribution in [2.45, 2.75) is 84.2 Å². The zero-order chi connectivity index (χ0) is 19.0. The average molecular weight is 360 g/mol. The third-order valence-electron chi connectivity index (χ3n) is 4.83. The van der Waals surface area contributed by atoms with Gasteiger partial charge in [0.25, 0.3) is 5.91 Å². The minimum Gasteiger partial charge on any atom is -0.487 e. The Bertz CT molecular complexity index is 622. The van der Waals surface area contributed by atoms with Gasteiger partial charge in [-0.2, -0.15) is 0 Å². The molecule has 2 rings (SSSR count). The largest absolute Gasteiger partial charge is 0.487 e. The molecule has 0 saturated heterocycles. The summed E-state index contributed by atoms with van der Waals surface area (Å²) in [6.07, 6.45) is 10.3. The van der Waals surface area contributed by atoms with Crippen LogP contribution >= 0.6 is 0 Å². The predicted octanol–water partition coefficient (Wildman–Crippen LogP) is 5.30. The maximum absolute atomic E-state index is 12.3. The zero-order valence-corrected chi connectivity index (χ0v) is 16.5. The minimum absolute atomic E-state index is 0.0361. The van der Waals surface area contributed by atoms with Crippen molar-refractivity contribution in [2.24, 2.45) is 0 Å². The van der Waals surface area contributed by atoms with E-state index in [1.165, 1.54) is 38.5 Å². The Labute approximate surface area is 157 Å².